The van der Waals surface area contributed by atoms with E-state index < -0.39 is 33.9 Å². The Morgan fingerprint density at radius 3 is 2.24 bits per heavy atom. The van der Waals surface area contributed by atoms with Crippen molar-refractivity contribution in [1.82, 2.24) is 20.9 Å². The largest absolute Gasteiger partial charge is 0.370 e. The van der Waals surface area contributed by atoms with Gasteiger partial charge in [-0.15, -0.1) is 4.83 Å². The van der Waals surface area contributed by atoms with Gasteiger partial charge in [0.05, 0.1) is 4.90 Å². The average molecular weight is 490 g/mol. The van der Waals surface area contributed by atoms with E-state index >= 15 is 0 Å². The van der Waals surface area contributed by atoms with Crippen LogP contribution < -0.4 is 32.4 Å². The first-order chi connectivity index (χ1) is 16.1. The predicted octanol–water partition coefficient (Wildman–Crippen LogP) is -0.377. The predicted molar refractivity (Wildman–Crippen MR) is 129 cm³/mol. The Bertz CT molecular complexity index is 1080. The molecule has 0 saturated heterocycles. The third-order valence-corrected chi connectivity index (χ3v) is 6.22. The van der Waals surface area contributed by atoms with E-state index in [1.54, 1.807) is 36.4 Å². The average Bonchev–Trinajstić information content (AvgIpc) is 2.78. The van der Waals surface area contributed by atoms with Crippen LogP contribution in [-0.4, -0.2) is 44.8 Å². The molecule has 0 aliphatic rings. The number of benzene rings is 2. The van der Waals surface area contributed by atoms with Crippen LogP contribution in [0, 0.1) is 12.3 Å². The van der Waals surface area contributed by atoms with Gasteiger partial charge in [0.2, 0.25) is 11.8 Å². The first-order valence-corrected chi connectivity index (χ1v) is 12.1. The minimum atomic E-state index is -3.95. The van der Waals surface area contributed by atoms with E-state index in [4.69, 9.17) is 16.9 Å². The standard InChI is InChI=1S/C22H31N7O4S/c1-15-9-11-17(12-10-15)34(32,33)29-28-18(8-5-13-26-22(24)25)21(31)27-19(20(23)30)14-16-6-3-2-4-7-16/h2-4,6-7,9-12,18-19,28-29H,5,8,13-14H2,1H3,(H2,23,30)(H,27,31)(H4,24,25,26)/t18-,19-/m0/s1. The van der Waals surface area contributed by atoms with Crippen LogP contribution >= 0.6 is 0 Å². The molecule has 0 aliphatic heterocycles. The lowest BCUT2D eigenvalue weighted by Gasteiger charge is -2.22. The molecule has 184 valence electrons. The molecule has 12 heteroatoms. The lowest BCUT2D eigenvalue weighted by atomic mass is 10.0. The summed E-state index contributed by atoms with van der Waals surface area (Å²) in [4.78, 5) is 27.2. The van der Waals surface area contributed by atoms with Gasteiger partial charge in [0.25, 0.3) is 10.0 Å². The fourth-order valence-corrected chi connectivity index (χ4v) is 3.98. The summed E-state index contributed by atoms with van der Waals surface area (Å²) in [5.41, 5.74) is 15.0. The van der Waals surface area contributed by atoms with Crippen molar-refractivity contribution in [3.05, 3.63) is 65.7 Å². The van der Waals surface area contributed by atoms with E-state index in [0.717, 1.165) is 11.1 Å². The van der Waals surface area contributed by atoms with Crippen LogP contribution in [0.25, 0.3) is 0 Å². The van der Waals surface area contributed by atoms with Gasteiger partial charge >= 0.3 is 0 Å². The van der Waals surface area contributed by atoms with Crippen molar-refractivity contribution >= 4 is 27.8 Å². The van der Waals surface area contributed by atoms with Crippen molar-refractivity contribution < 1.29 is 18.0 Å². The number of guanidine groups is 1. The van der Waals surface area contributed by atoms with Gasteiger partial charge in [-0.1, -0.05) is 48.0 Å². The van der Waals surface area contributed by atoms with Gasteiger partial charge in [0, 0.05) is 13.0 Å². The summed E-state index contributed by atoms with van der Waals surface area (Å²) in [6.07, 6.45) is 0.756. The first kappa shape index (κ1) is 26.8. The second-order valence-electron chi connectivity index (χ2n) is 7.75. The minimum absolute atomic E-state index is 0.0297. The Balaban J connectivity index is 2.10. The summed E-state index contributed by atoms with van der Waals surface area (Å²) < 4.78 is 25.2. The molecule has 2 atom stereocenters. The number of hydrogen-bond acceptors (Lipinski definition) is 6. The molecule has 0 aliphatic carbocycles. The molecule has 11 nitrogen and oxygen atoms in total. The highest BCUT2D eigenvalue weighted by atomic mass is 32.2. The fraction of sp³-hybridized carbons (Fsp3) is 0.318. The Hall–Kier alpha value is -3.48. The van der Waals surface area contributed by atoms with Crippen LogP contribution in [0.1, 0.15) is 24.0 Å². The van der Waals surface area contributed by atoms with Gasteiger partial charge in [-0.25, -0.2) is 13.8 Å². The number of nitrogens with two attached hydrogens (primary N) is 2. The number of carbonyl (C=O) groups excluding carboxylic acids is 2. The Labute approximate surface area is 199 Å². The number of sulfonamides is 1. The van der Waals surface area contributed by atoms with Gasteiger partial charge in [0.15, 0.2) is 5.96 Å². The molecule has 0 spiro atoms. The van der Waals surface area contributed by atoms with Gasteiger partial charge in [0.1, 0.15) is 12.1 Å². The SMILES string of the molecule is Cc1ccc(S(=O)(=O)NN[C@@H](CCCNC(=N)N)C(=O)N[C@@H](Cc2ccccc2)C(N)=O)cc1. The minimum Gasteiger partial charge on any atom is -0.370 e. The highest BCUT2D eigenvalue weighted by molar-refractivity contribution is 7.89. The van der Waals surface area contributed by atoms with Gasteiger partial charge < -0.3 is 22.1 Å². The van der Waals surface area contributed by atoms with E-state index in [1.165, 1.54) is 12.1 Å². The van der Waals surface area contributed by atoms with Gasteiger partial charge in [-0.05, 0) is 37.5 Å². The summed E-state index contributed by atoms with van der Waals surface area (Å²) in [6, 6.07) is 13.3. The van der Waals surface area contributed by atoms with Crippen molar-refractivity contribution in [2.24, 2.45) is 11.5 Å². The Kier molecular flexibility index (Phi) is 9.98. The van der Waals surface area contributed by atoms with Crippen molar-refractivity contribution in [3.8, 4) is 0 Å². The molecule has 34 heavy (non-hydrogen) atoms. The van der Waals surface area contributed by atoms with Crippen molar-refractivity contribution in [1.29, 1.82) is 5.41 Å². The van der Waals surface area contributed by atoms with Crippen LogP contribution in [-0.2, 0) is 26.0 Å². The van der Waals surface area contributed by atoms with Crippen LogP contribution in [0.5, 0.6) is 0 Å². The molecule has 2 rings (SSSR count). The van der Waals surface area contributed by atoms with Crippen LogP contribution in [0.4, 0.5) is 0 Å². The number of nitrogens with one attached hydrogen (secondary N) is 5. The molecule has 0 unspecified atom stereocenters. The quantitative estimate of drug-likeness (QED) is 0.0862. The maximum atomic E-state index is 13.0. The number of aryl methyl sites for hydroxylation is 1. The maximum absolute atomic E-state index is 13.0. The zero-order valence-electron chi connectivity index (χ0n) is 18.9. The zero-order valence-corrected chi connectivity index (χ0v) is 19.7. The Morgan fingerprint density at radius 1 is 1.00 bits per heavy atom. The zero-order chi connectivity index (χ0) is 25.1. The monoisotopic (exact) mass is 489 g/mol. The summed E-state index contributed by atoms with van der Waals surface area (Å²) in [5, 5.41) is 12.4. The van der Waals surface area contributed by atoms with Crippen LogP contribution in [0.15, 0.2) is 59.5 Å². The number of amides is 2. The molecule has 2 amide bonds. The van der Waals surface area contributed by atoms with E-state index in [-0.39, 0.29) is 23.7 Å². The second-order valence-corrected chi connectivity index (χ2v) is 9.43. The van der Waals surface area contributed by atoms with E-state index in [2.05, 4.69) is 20.9 Å². The summed E-state index contributed by atoms with van der Waals surface area (Å²) in [6.45, 7) is 2.14. The number of hydrazine groups is 1. The van der Waals surface area contributed by atoms with Crippen LogP contribution in [0.3, 0.4) is 0 Å². The normalized spacial score (nSPS) is 13.0. The molecule has 0 radical (unpaired) electrons. The third kappa shape index (κ3) is 8.81. The molecule has 0 fully saturated rings. The summed E-state index contributed by atoms with van der Waals surface area (Å²) in [7, 11) is -3.95. The van der Waals surface area contributed by atoms with E-state index in [1.807, 2.05) is 13.0 Å². The molecule has 2 aromatic rings. The van der Waals surface area contributed by atoms with Crippen molar-refractivity contribution in [3.63, 3.8) is 0 Å². The van der Waals surface area contributed by atoms with Crippen LogP contribution in [0.2, 0.25) is 0 Å². The number of hydrogen-bond donors (Lipinski definition) is 7. The molecule has 2 aromatic carbocycles. The van der Waals surface area contributed by atoms with Gasteiger partial charge in [-0.3, -0.25) is 15.0 Å². The first-order valence-electron chi connectivity index (χ1n) is 10.6. The number of rotatable bonds is 13. The molecule has 0 heterocycles. The molecule has 0 aromatic heterocycles. The second kappa shape index (κ2) is 12.7. The summed E-state index contributed by atoms with van der Waals surface area (Å²) in [5.74, 6) is -1.53. The molecular formula is C22H31N7O4S. The number of primary amides is 1. The number of carbonyl (C=O) groups is 2. The smallest absolute Gasteiger partial charge is 0.253 e. The van der Waals surface area contributed by atoms with Gasteiger partial charge in [-0.2, -0.15) is 0 Å². The molecule has 9 N–H and O–H groups in total. The van der Waals surface area contributed by atoms with E-state index in [9.17, 15) is 18.0 Å². The maximum Gasteiger partial charge on any atom is 0.253 e. The lowest BCUT2D eigenvalue weighted by molar-refractivity contribution is -0.128. The lowest BCUT2D eigenvalue weighted by Crippen LogP contribution is -2.56. The van der Waals surface area contributed by atoms with Crippen molar-refractivity contribution in [2.45, 2.75) is 43.2 Å². The van der Waals surface area contributed by atoms with Crippen molar-refractivity contribution in [2.75, 3.05) is 6.54 Å². The highest BCUT2D eigenvalue weighted by Gasteiger charge is 2.26. The third-order valence-electron chi connectivity index (χ3n) is 4.94. The Morgan fingerprint density at radius 2 is 1.65 bits per heavy atom. The summed E-state index contributed by atoms with van der Waals surface area (Å²) >= 11 is 0. The molecule has 0 bridgehead atoms. The highest BCUT2D eigenvalue weighted by Crippen LogP contribution is 2.10. The van der Waals surface area contributed by atoms with E-state index in [0.29, 0.717) is 13.0 Å². The molecular weight excluding hydrogens is 458 g/mol. The topological polar surface area (TPSA) is 192 Å². The fourth-order valence-electron chi connectivity index (χ4n) is 3.07. The molecule has 0 saturated carbocycles.